The zero-order valence-electron chi connectivity index (χ0n) is 10.5. The zero-order valence-corrected chi connectivity index (χ0v) is 11.3. The molecular formula is C11H20N4OS. The van der Waals surface area contributed by atoms with Gasteiger partial charge in [0, 0.05) is 26.7 Å². The van der Waals surface area contributed by atoms with Crippen LogP contribution >= 0.6 is 12.2 Å². The van der Waals surface area contributed by atoms with Crippen molar-refractivity contribution in [1.82, 2.24) is 14.8 Å². The summed E-state index contributed by atoms with van der Waals surface area (Å²) in [5.74, 6) is 1.52. The van der Waals surface area contributed by atoms with Crippen LogP contribution in [-0.4, -0.2) is 41.6 Å². The van der Waals surface area contributed by atoms with Gasteiger partial charge < -0.3 is 9.64 Å². The van der Waals surface area contributed by atoms with Gasteiger partial charge >= 0.3 is 0 Å². The molecule has 1 fully saturated rings. The molecule has 1 aromatic rings. The van der Waals surface area contributed by atoms with Crippen molar-refractivity contribution >= 4 is 18.2 Å². The van der Waals surface area contributed by atoms with E-state index in [9.17, 15) is 0 Å². The highest BCUT2D eigenvalue weighted by Gasteiger charge is 2.18. The molecule has 1 unspecified atom stereocenters. The molecule has 2 rings (SSSR count). The number of aromatic nitrogens is 3. The van der Waals surface area contributed by atoms with Gasteiger partial charge in [0.1, 0.15) is 0 Å². The van der Waals surface area contributed by atoms with E-state index >= 15 is 0 Å². The van der Waals surface area contributed by atoms with Crippen LogP contribution in [-0.2, 0) is 11.3 Å². The minimum Gasteiger partial charge on any atom is -0.381 e. The maximum atomic E-state index is 5.50. The molecule has 0 spiro atoms. The number of nitrogens with one attached hydrogen (secondary N) is 1. The second kappa shape index (κ2) is 5.64. The lowest BCUT2D eigenvalue weighted by molar-refractivity contribution is 0.0575. The maximum Gasteiger partial charge on any atom is 0.225 e. The Balaban J connectivity index is 2.03. The molecule has 96 valence electrons. The number of nitrogens with zero attached hydrogens (tertiary/aromatic N) is 3. The van der Waals surface area contributed by atoms with Gasteiger partial charge in [-0.1, -0.05) is 0 Å². The minimum absolute atomic E-state index is 0.601. The third-order valence-electron chi connectivity index (χ3n) is 3.18. The lowest BCUT2D eigenvalue weighted by atomic mass is 10.0. The van der Waals surface area contributed by atoms with Gasteiger partial charge in [-0.3, -0.25) is 4.57 Å². The predicted molar refractivity (Wildman–Crippen MR) is 69.9 cm³/mol. The molecule has 0 bridgehead atoms. The van der Waals surface area contributed by atoms with Crippen molar-refractivity contribution in [3.63, 3.8) is 0 Å². The molecule has 1 atom stereocenters. The van der Waals surface area contributed by atoms with Gasteiger partial charge in [0.15, 0.2) is 4.77 Å². The van der Waals surface area contributed by atoms with Crippen LogP contribution in [0.25, 0.3) is 0 Å². The van der Waals surface area contributed by atoms with E-state index in [2.05, 4.69) is 29.1 Å². The molecule has 0 radical (unpaired) electrons. The van der Waals surface area contributed by atoms with E-state index < -0.39 is 0 Å². The quantitative estimate of drug-likeness (QED) is 0.835. The summed E-state index contributed by atoms with van der Waals surface area (Å²) < 4.78 is 8.20. The number of ether oxygens (including phenoxy) is 1. The van der Waals surface area contributed by atoms with E-state index in [1.807, 2.05) is 4.57 Å². The van der Waals surface area contributed by atoms with Gasteiger partial charge in [0.2, 0.25) is 5.95 Å². The molecule has 0 aromatic carbocycles. The van der Waals surface area contributed by atoms with Crippen LogP contribution in [0.1, 0.15) is 19.8 Å². The van der Waals surface area contributed by atoms with E-state index in [0.29, 0.717) is 10.7 Å². The first kappa shape index (κ1) is 12.6. The third-order valence-corrected chi connectivity index (χ3v) is 3.49. The maximum absolute atomic E-state index is 5.50. The summed E-state index contributed by atoms with van der Waals surface area (Å²) in [6.45, 7) is 5.66. The van der Waals surface area contributed by atoms with Crippen molar-refractivity contribution < 1.29 is 4.74 Å². The molecule has 1 aliphatic heterocycles. The summed E-state index contributed by atoms with van der Waals surface area (Å²) in [7, 11) is 2.06. The van der Waals surface area contributed by atoms with Crippen molar-refractivity contribution in [2.24, 2.45) is 5.92 Å². The zero-order chi connectivity index (χ0) is 12.3. The summed E-state index contributed by atoms with van der Waals surface area (Å²) in [5, 5.41) is 7.13. The third kappa shape index (κ3) is 2.87. The Morgan fingerprint density at radius 2 is 2.47 bits per heavy atom. The van der Waals surface area contributed by atoms with Gasteiger partial charge in [-0.05, 0) is 37.9 Å². The Kier molecular flexibility index (Phi) is 4.17. The highest BCUT2D eigenvalue weighted by atomic mass is 32.1. The molecule has 1 saturated heterocycles. The Morgan fingerprint density at radius 3 is 3.12 bits per heavy atom. The topological polar surface area (TPSA) is 46.1 Å². The average Bonchev–Trinajstić information content (AvgIpc) is 2.71. The molecule has 1 aromatic heterocycles. The molecule has 5 nitrogen and oxygen atoms in total. The van der Waals surface area contributed by atoms with Crippen molar-refractivity contribution in [3.8, 4) is 0 Å². The fourth-order valence-electron chi connectivity index (χ4n) is 2.31. The molecular weight excluding hydrogens is 236 g/mol. The van der Waals surface area contributed by atoms with Gasteiger partial charge in [-0.15, -0.1) is 5.10 Å². The first-order chi connectivity index (χ1) is 8.22. The van der Waals surface area contributed by atoms with E-state index in [1.165, 1.54) is 12.8 Å². The number of H-pyrrole nitrogens is 1. The van der Waals surface area contributed by atoms with Gasteiger partial charge in [0.05, 0.1) is 6.61 Å². The first-order valence-electron chi connectivity index (χ1n) is 6.16. The molecule has 0 aliphatic carbocycles. The predicted octanol–water partition coefficient (Wildman–Crippen LogP) is 1.82. The highest BCUT2D eigenvalue weighted by molar-refractivity contribution is 7.71. The number of aromatic amines is 1. The lowest BCUT2D eigenvalue weighted by Gasteiger charge is -2.27. The molecule has 0 amide bonds. The van der Waals surface area contributed by atoms with Crippen LogP contribution < -0.4 is 4.90 Å². The molecule has 0 saturated carbocycles. The van der Waals surface area contributed by atoms with Crippen LogP contribution in [0, 0.1) is 10.7 Å². The normalized spacial score (nSPS) is 20.5. The minimum atomic E-state index is 0.601. The van der Waals surface area contributed by atoms with Gasteiger partial charge in [0.25, 0.3) is 0 Å². The number of anilines is 1. The molecule has 1 aliphatic rings. The van der Waals surface area contributed by atoms with E-state index in [1.54, 1.807) is 0 Å². The lowest BCUT2D eigenvalue weighted by Crippen LogP contribution is -2.32. The van der Waals surface area contributed by atoms with Crippen LogP contribution in [0.4, 0.5) is 5.95 Å². The molecule has 2 heterocycles. The fraction of sp³-hybridized carbons (Fsp3) is 0.818. The van der Waals surface area contributed by atoms with Crippen molar-refractivity contribution in [2.75, 3.05) is 31.7 Å². The van der Waals surface area contributed by atoms with Crippen LogP contribution in [0.15, 0.2) is 0 Å². The molecule has 1 N–H and O–H groups in total. The van der Waals surface area contributed by atoms with Crippen LogP contribution in [0.2, 0.25) is 0 Å². The van der Waals surface area contributed by atoms with E-state index in [4.69, 9.17) is 17.0 Å². The van der Waals surface area contributed by atoms with Crippen LogP contribution in [0.5, 0.6) is 0 Å². The first-order valence-corrected chi connectivity index (χ1v) is 6.57. The Hall–Kier alpha value is -0.880. The highest BCUT2D eigenvalue weighted by Crippen LogP contribution is 2.17. The summed E-state index contributed by atoms with van der Waals surface area (Å²) in [5.41, 5.74) is 0. The summed E-state index contributed by atoms with van der Waals surface area (Å²) in [6, 6.07) is 0. The van der Waals surface area contributed by atoms with Crippen molar-refractivity contribution in [2.45, 2.75) is 26.3 Å². The standard InChI is InChI=1S/C11H20N4OS/c1-3-15-10(12-13-11(15)17)14(2)7-9-5-4-6-16-8-9/h9H,3-8H2,1-2H3,(H,13,17). The fourth-order valence-corrected chi connectivity index (χ4v) is 2.56. The second-order valence-corrected chi connectivity index (χ2v) is 4.92. The summed E-state index contributed by atoms with van der Waals surface area (Å²) in [6.07, 6.45) is 2.40. The average molecular weight is 256 g/mol. The van der Waals surface area contributed by atoms with Gasteiger partial charge in [-0.2, -0.15) is 0 Å². The van der Waals surface area contributed by atoms with Crippen molar-refractivity contribution in [3.05, 3.63) is 4.77 Å². The van der Waals surface area contributed by atoms with E-state index in [-0.39, 0.29) is 0 Å². The van der Waals surface area contributed by atoms with Crippen LogP contribution in [0.3, 0.4) is 0 Å². The Labute approximate surface area is 107 Å². The molecule has 17 heavy (non-hydrogen) atoms. The summed E-state index contributed by atoms with van der Waals surface area (Å²) in [4.78, 5) is 2.16. The monoisotopic (exact) mass is 256 g/mol. The number of hydrogen-bond donors (Lipinski definition) is 1. The number of rotatable bonds is 4. The SMILES string of the molecule is CCn1c(N(C)CC2CCCOC2)n[nH]c1=S. The van der Waals surface area contributed by atoms with Gasteiger partial charge in [-0.25, -0.2) is 5.10 Å². The Bertz CT molecular complexity index is 408. The summed E-state index contributed by atoms with van der Waals surface area (Å²) >= 11 is 5.19. The smallest absolute Gasteiger partial charge is 0.225 e. The van der Waals surface area contributed by atoms with E-state index in [0.717, 1.165) is 32.3 Å². The van der Waals surface area contributed by atoms with Crippen molar-refractivity contribution in [1.29, 1.82) is 0 Å². The second-order valence-electron chi connectivity index (χ2n) is 4.54. The largest absolute Gasteiger partial charge is 0.381 e. The molecule has 6 heteroatoms. The number of hydrogen-bond acceptors (Lipinski definition) is 4. The Morgan fingerprint density at radius 1 is 1.65 bits per heavy atom.